The first-order valence-electron chi connectivity index (χ1n) is 6.15. The van der Waals surface area contributed by atoms with E-state index in [2.05, 4.69) is 17.5 Å². The summed E-state index contributed by atoms with van der Waals surface area (Å²) in [5.41, 5.74) is 7.56. The number of carbonyl (C=O) groups excluding carboxylic acids is 1. The Kier molecular flexibility index (Phi) is 3.54. The standard InChI is InChI=1S/C14H13NO2S3/c1-3-17-14(16)13-11(15)7(2)12(20-13)10-6-9-8(19-10)4-5-18-9/h4-6H,3,15H2,1-2H3. The Balaban J connectivity index is 2.08. The summed E-state index contributed by atoms with van der Waals surface area (Å²) in [6, 6.07) is 4.28. The van der Waals surface area contributed by atoms with Crippen molar-refractivity contribution >= 4 is 55.1 Å². The summed E-state index contributed by atoms with van der Waals surface area (Å²) in [6.07, 6.45) is 0. The minimum absolute atomic E-state index is 0.331. The maximum atomic E-state index is 11.9. The van der Waals surface area contributed by atoms with Gasteiger partial charge in [0.25, 0.3) is 0 Å². The van der Waals surface area contributed by atoms with Crippen LogP contribution in [0.15, 0.2) is 17.5 Å². The van der Waals surface area contributed by atoms with Crippen molar-refractivity contribution in [1.82, 2.24) is 0 Å². The van der Waals surface area contributed by atoms with Crippen LogP contribution in [0, 0.1) is 6.92 Å². The van der Waals surface area contributed by atoms with E-state index in [4.69, 9.17) is 10.5 Å². The molecule has 3 nitrogen and oxygen atoms in total. The number of carbonyl (C=O) groups is 1. The fourth-order valence-electron chi connectivity index (χ4n) is 1.99. The number of fused-ring (bicyclic) bond motifs is 1. The van der Waals surface area contributed by atoms with E-state index in [0.29, 0.717) is 17.2 Å². The third-order valence-corrected chi connectivity index (χ3v) is 6.58. The zero-order valence-electron chi connectivity index (χ0n) is 11.1. The molecule has 0 aliphatic carbocycles. The number of nitrogen functional groups attached to an aromatic ring is 1. The topological polar surface area (TPSA) is 52.3 Å². The minimum atomic E-state index is -0.331. The highest BCUT2D eigenvalue weighted by Crippen LogP contribution is 2.44. The average molecular weight is 323 g/mol. The molecule has 3 aromatic heterocycles. The van der Waals surface area contributed by atoms with E-state index in [9.17, 15) is 4.79 Å². The molecule has 2 N–H and O–H groups in total. The molecule has 3 rings (SSSR count). The molecular formula is C14H13NO2S3. The van der Waals surface area contributed by atoms with Crippen LogP contribution in [0.1, 0.15) is 22.2 Å². The number of hydrogen-bond donors (Lipinski definition) is 1. The van der Waals surface area contributed by atoms with Crippen LogP contribution < -0.4 is 5.73 Å². The Morgan fingerprint density at radius 1 is 1.35 bits per heavy atom. The second-order valence-corrected chi connectivity index (χ2v) is 7.33. The van der Waals surface area contributed by atoms with Crippen molar-refractivity contribution in [1.29, 1.82) is 0 Å². The SMILES string of the molecule is CCOC(=O)c1sc(-c2cc3sccc3s2)c(C)c1N. The highest BCUT2D eigenvalue weighted by molar-refractivity contribution is 7.31. The third kappa shape index (κ3) is 2.13. The normalized spacial score (nSPS) is 11.1. The monoisotopic (exact) mass is 323 g/mol. The number of ether oxygens (including phenoxy) is 1. The number of esters is 1. The molecule has 0 unspecified atom stereocenters. The van der Waals surface area contributed by atoms with Crippen molar-refractivity contribution in [3.05, 3.63) is 28.0 Å². The van der Waals surface area contributed by atoms with Gasteiger partial charge in [-0.25, -0.2) is 4.79 Å². The lowest BCUT2D eigenvalue weighted by Crippen LogP contribution is -2.05. The predicted molar refractivity (Wildman–Crippen MR) is 88.1 cm³/mol. The molecule has 0 radical (unpaired) electrons. The Morgan fingerprint density at radius 3 is 2.85 bits per heavy atom. The fraction of sp³-hybridized carbons (Fsp3) is 0.214. The van der Waals surface area contributed by atoms with E-state index >= 15 is 0 Å². The Labute approximate surface area is 128 Å². The first-order chi connectivity index (χ1) is 9.61. The van der Waals surface area contributed by atoms with E-state index in [0.717, 1.165) is 15.3 Å². The second-order valence-electron chi connectivity index (χ2n) is 4.28. The number of hydrogen-bond acceptors (Lipinski definition) is 6. The molecule has 0 spiro atoms. The maximum absolute atomic E-state index is 11.9. The molecule has 0 saturated carbocycles. The molecule has 20 heavy (non-hydrogen) atoms. The second kappa shape index (κ2) is 5.20. The van der Waals surface area contributed by atoms with Gasteiger partial charge in [-0.15, -0.1) is 34.0 Å². The summed E-state index contributed by atoms with van der Waals surface area (Å²) >= 11 is 4.88. The van der Waals surface area contributed by atoms with E-state index < -0.39 is 0 Å². The van der Waals surface area contributed by atoms with Gasteiger partial charge in [-0.05, 0) is 36.9 Å². The van der Waals surface area contributed by atoms with Crippen molar-refractivity contribution in [2.75, 3.05) is 12.3 Å². The molecule has 0 bridgehead atoms. The van der Waals surface area contributed by atoms with Crippen LogP contribution in [0.25, 0.3) is 19.2 Å². The summed E-state index contributed by atoms with van der Waals surface area (Å²) in [4.78, 5) is 14.6. The molecule has 0 atom stereocenters. The molecule has 3 aromatic rings. The summed E-state index contributed by atoms with van der Waals surface area (Å²) < 4.78 is 7.60. The van der Waals surface area contributed by atoms with Crippen LogP contribution in [0.2, 0.25) is 0 Å². The Bertz CT molecular complexity index is 753. The van der Waals surface area contributed by atoms with Crippen LogP contribution >= 0.6 is 34.0 Å². The van der Waals surface area contributed by atoms with Crippen molar-refractivity contribution in [3.63, 3.8) is 0 Å². The van der Waals surface area contributed by atoms with Crippen LogP contribution in [-0.4, -0.2) is 12.6 Å². The lowest BCUT2D eigenvalue weighted by molar-refractivity contribution is 0.0533. The molecule has 0 aliphatic heterocycles. The zero-order valence-corrected chi connectivity index (χ0v) is 13.5. The van der Waals surface area contributed by atoms with Crippen LogP contribution in [0.3, 0.4) is 0 Å². The molecular weight excluding hydrogens is 310 g/mol. The quantitative estimate of drug-likeness (QED) is 0.707. The van der Waals surface area contributed by atoms with Gasteiger partial charge in [0.05, 0.1) is 17.2 Å². The van der Waals surface area contributed by atoms with Crippen LogP contribution in [0.5, 0.6) is 0 Å². The fourth-order valence-corrected chi connectivity index (χ4v) is 5.38. The van der Waals surface area contributed by atoms with Crippen LogP contribution in [-0.2, 0) is 4.74 Å². The maximum Gasteiger partial charge on any atom is 0.350 e. The van der Waals surface area contributed by atoms with Gasteiger partial charge in [-0.3, -0.25) is 0 Å². The van der Waals surface area contributed by atoms with E-state index in [1.165, 1.54) is 20.7 Å². The summed E-state index contributed by atoms with van der Waals surface area (Å²) in [7, 11) is 0. The lowest BCUT2D eigenvalue weighted by Gasteiger charge is -1.99. The van der Waals surface area contributed by atoms with E-state index in [1.807, 2.05) is 6.92 Å². The van der Waals surface area contributed by atoms with Gasteiger partial charge in [-0.2, -0.15) is 0 Å². The molecule has 0 amide bonds. The molecule has 0 aromatic carbocycles. The number of nitrogens with two attached hydrogens (primary N) is 1. The van der Waals surface area contributed by atoms with Gasteiger partial charge < -0.3 is 10.5 Å². The lowest BCUT2D eigenvalue weighted by atomic mass is 10.2. The van der Waals surface area contributed by atoms with Crippen molar-refractivity contribution in [2.24, 2.45) is 0 Å². The molecule has 0 aliphatic rings. The highest BCUT2D eigenvalue weighted by atomic mass is 32.1. The zero-order chi connectivity index (χ0) is 14.3. The molecule has 3 heterocycles. The molecule has 0 fully saturated rings. The summed E-state index contributed by atoms with van der Waals surface area (Å²) in [5, 5.41) is 2.09. The number of rotatable bonds is 3. The number of thiophene rings is 3. The minimum Gasteiger partial charge on any atom is -0.462 e. The van der Waals surface area contributed by atoms with E-state index in [1.54, 1.807) is 29.6 Å². The predicted octanol–water partition coefficient (Wildman–Crippen LogP) is 4.76. The highest BCUT2D eigenvalue weighted by Gasteiger charge is 2.21. The van der Waals surface area contributed by atoms with Gasteiger partial charge >= 0.3 is 5.97 Å². The van der Waals surface area contributed by atoms with Crippen molar-refractivity contribution in [3.8, 4) is 9.75 Å². The first kappa shape index (κ1) is 13.6. The first-order valence-corrected chi connectivity index (χ1v) is 8.66. The summed E-state index contributed by atoms with van der Waals surface area (Å²) in [6.45, 7) is 4.11. The Hall–Kier alpha value is -1.37. The van der Waals surface area contributed by atoms with Crippen molar-refractivity contribution < 1.29 is 9.53 Å². The van der Waals surface area contributed by atoms with Crippen LogP contribution in [0.4, 0.5) is 5.69 Å². The van der Waals surface area contributed by atoms with Gasteiger partial charge in [0.2, 0.25) is 0 Å². The summed E-state index contributed by atoms with van der Waals surface area (Å²) in [5.74, 6) is -0.331. The molecule has 0 saturated heterocycles. The van der Waals surface area contributed by atoms with Gasteiger partial charge in [0.1, 0.15) is 4.88 Å². The van der Waals surface area contributed by atoms with Crippen molar-refractivity contribution in [2.45, 2.75) is 13.8 Å². The smallest absolute Gasteiger partial charge is 0.350 e. The average Bonchev–Trinajstić information content (AvgIpc) is 3.05. The third-order valence-electron chi connectivity index (χ3n) is 3.02. The van der Waals surface area contributed by atoms with Gasteiger partial charge in [-0.1, -0.05) is 0 Å². The number of anilines is 1. The molecule has 104 valence electrons. The van der Waals surface area contributed by atoms with Gasteiger partial charge in [0.15, 0.2) is 0 Å². The Morgan fingerprint density at radius 2 is 2.15 bits per heavy atom. The largest absolute Gasteiger partial charge is 0.462 e. The molecule has 6 heteroatoms. The van der Waals surface area contributed by atoms with E-state index in [-0.39, 0.29) is 5.97 Å². The van der Waals surface area contributed by atoms with Gasteiger partial charge in [0, 0.05) is 14.3 Å².